The average Bonchev–Trinajstić information content (AvgIpc) is 3.18. The predicted octanol–water partition coefficient (Wildman–Crippen LogP) is 2.58. The van der Waals surface area contributed by atoms with Crippen molar-refractivity contribution in [1.82, 2.24) is 15.1 Å². The van der Waals surface area contributed by atoms with Crippen LogP contribution < -0.4 is 10.6 Å². The first-order valence-corrected chi connectivity index (χ1v) is 7.70. The van der Waals surface area contributed by atoms with Crippen LogP contribution in [0.25, 0.3) is 5.69 Å². The summed E-state index contributed by atoms with van der Waals surface area (Å²) in [6.45, 7) is 0.0980. The molecule has 0 radical (unpaired) electrons. The quantitative estimate of drug-likeness (QED) is 0.753. The molecule has 7 heteroatoms. The number of urea groups is 1. The lowest BCUT2D eigenvalue weighted by molar-refractivity contribution is 0.238. The van der Waals surface area contributed by atoms with Gasteiger partial charge in [0.2, 0.25) is 0 Å². The van der Waals surface area contributed by atoms with Crippen molar-refractivity contribution in [3.63, 3.8) is 0 Å². The van der Waals surface area contributed by atoms with Gasteiger partial charge in [0.25, 0.3) is 0 Å². The minimum absolute atomic E-state index is 0.0639. The van der Waals surface area contributed by atoms with E-state index in [0.717, 1.165) is 5.69 Å². The summed E-state index contributed by atoms with van der Waals surface area (Å²) in [5.41, 5.74) is 1.34. The Bertz CT molecular complexity index is 715. The number of aliphatic hydroxyl groups is 1. The van der Waals surface area contributed by atoms with Gasteiger partial charge in [0.05, 0.1) is 10.7 Å². The Balaban J connectivity index is 1.61. The Morgan fingerprint density at radius 2 is 2.30 bits per heavy atom. The Morgan fingerprint density at radius 3 is 2.96 bits per heavy atom. The molecule has 1 aliphatic rings. The smallest absolute Gasteiger partial charge is 0.319 e. The summed E-state index contributed by atoms with van der Waals surface area (Å²) in [7, 11) is 0. The zero-order chi connectivity index (χ0) is 16.2. The Kier molecular flexibility index (Phi) is 4.64. The molecule has 0 saturated heterocycles. The largest absolute Gasteiger partial charge is 0.396 e. The molecule has 2 atom stereocenters. The molecule has 1 aliphatic carbocycles. The number of nitrogens with zero attached hydrogens (tertiary/aromatic N) is 2. The number of aromatic nitrogens is 2. The molecule has 1 aromatic carbocycles. The Hall–Kier alpha value is -2.31. The van der Waals surface area contributed by atoms with E-state index in [9.17, 15) is 4.79 Å². The second-order valence-electron chi connectivity index (χ2n) is 5.39. The number of amides is 2. The number of carbonyl (C=O) groups is 1. The zero-order valence-corrected chi connectivity index (χ0v) is 13.1. The van der Waals surface area contributed by atoms with Gasteiger partial charge in [-0.15, -0.1) is 0 Å². The topological polar surface area (TPSA) is 79.2 Å². The monoisotopic (exact) mass is 332 g/mol. The van der Waals surface area contributed by atoms with Gasteiger partial charge in [0.15, 0.2) is 0 Å². The lowest BCUT2D eigenvalue weighted by Gasteiger charge is -2.14. The standard InChI is InChI=1S/C16H17ClN4O2/c17-14-9-13(4-5-15(14)21-7-1-6-18-21)20-16(23)19-12-3-2-11(8-12)10-22/h1-7,9,11-12,22H,8,10H2,(H2,19,20,23)/t11-,12+/m0/s1. The van der Waals surface area contributed by atoms with Gasteiger partial charge in [0.1, 0.15) is 0 Å². The molecular formula is C16H17ClN4O2. The highest BCUT2D eigenvalue weighted by atomic mass is 35.5. The maximum atomic E-state index is 12.0. The number of rotatable bonds is 4. The third kappa shape index (κ3) is 3.72. The number of anilines is 1. The van der Waals surface area contributed by atoms with Crippen molar-refractivity contribution in [2.75, 3.05) is 11.9 Å². The van der Waals surface area contributed by atoms with Crippen LogP contribution in [-0.4, -0.2) is 33.6 Å². The Morgan fingerprint density at radius 1 is 1.43 bits per heavy atom. The first kappa shape index (κ1) is 15.6. The van der Waals surface area contributed by atoms with Crippen LogP contribution in [0.1, 0.15) is 6.42 Å². The molecule has 0 unspecified atom stereocenters. The average molecular weight is 333 g/mol. The highest BCUT2D eigenvalue weighted by Gasteiger charge is 2.19. The lowest BCUT2D eigenvalue weighted by atomic mass is 10.1. The molecule has 23 heavy (non-hydrogen) atoms. The Labute approximate surface area is 138 Å². The summed E-state index contributed by atoms with van der Waals surface area (Å²) in [4.78, 5) is 12.0. The fourth-order valence-corrected chi connectivity index (χ4v) is 2.80. The molecule has 0 aliphatic heterocycles. The first-order chi connectivity index (χ1) is 11.2. The van der Waals surface area contributed by atoms with E-state index >= 15 is 0 Å². The maximum absolute atomic E-state index is 12.0. The van der Waals surface area contributed by atoms with E-state index in [4.69, 9.17) is 16.7 Å². The van der Waals surface area contributed by atoms with Crippen LogP contribution in [0.2, 0.25) is 5.02 Å². The first-order valence-electron chi connectivity index (χ1n) is 7.32. The molecule has 0 bridgehead atoms. The van der Waals surface area contributed by atoms with E-state index in [-0.39, 0.29) is 24.6 Å². The van der Waals surface area contributed by atoms with Crippen molar-refractivity contribution in [2.45, 2.75) is 12.5 Å². The van der Waals surface area contributed by atoms with E-state index in [1.54, 1.807) is 35.3 Å². The second kappa shape index (κ2) is 6.85. The minimum Gasteiger partial charge on any atom is -0.396 e. The molecule has 0 spiro atoms. The maximum Gasteiger partial charge on any atom is 0.319 e. The van der Waals surface area contributed by atoms with Crippen LogP contribution >= 0.6 is 11.6 Å². The zero-order valence-electron chi connectivity index (χ0n) is 12.3. The molecule has 3 rings (SSSR count). The molecule has 3 N–H and O–H groups in total. The minimum atomic E-state index is -0.304. The van der Waals surface area contributed by atoms with Crippen LogP contribution in [0.15, 0.2) is 48.8 Å². The molecule has 6 nitrogen and oxygen atoms in total. The number of benzene rings is 1. The molecule has 0 fully saturated rings. The normalized spacial score (nSPS) is 19.7. The molecule has 0 saturated carbocycles. The number of hydrogen-bond acceptors (Lipinski definition) is 3. The van der Waals surface area contributed by atoms with E-state index in [2.05, 4.69) is 15.7 Å². The van der Waals surface area contributed by atoms with Gasteiger partial charge in [-0.3, -0.25) is 0 Å². The van der Waals surface area contributed by atoms with Gasteiger partial charge in [-0.1, -0.05) is 23.8 Å². The van der Waals surface area contributed by atoms with Gasteiger partial charge in [0, 0.05) is 36.6 Å². The molecule has 120 valence electrons. The highest BCUT2D eigenvalue weighted by molar-refractivity contribution is 6.32. The van der Waals surface area contributed by atoms with Crippen molar-refractivity contribution >= 4 is 23.3 Å². The third-order valence-electron chi connectivity index (χ3n) is 3.68. The fourth-order valence-electron chi connectivity index (χ4n) is 2.53. The van der Waals surface area contributed by atoms with E-state index < -0.39 is 0 Å². The summed E-state index contributed by atoms with van der Waals surface area (Å²) < 4.78 is 1.66. The summed E-state index contributed by atoms with van der Waals surface area (Å²) in [6, 6.07) is 6.68. The summed E-state index contributed by atoms with van der Waals surface area (Å²) >= 11 is 6.24. The van der Waals surface area contributed by atoms with Crippen molar-refractivity contribution in [1.29, 1.82) is 0 Å². The van der Waals surface area contributed by atoms with Crippen LogP contribution in [0.4, 0.5) is 10.5 Å². The van der Waals surface area contributed by atoms with Gasteiger partial charge in [-0.25, -0.2) is 9.48 Å². The summed E-state index contributed by atoms with van der Waals surface area (Å²) in [5, 5.41) is 19.3. The molecule has 1 heterocycles. The number of carbonyl (C=O) groups excluding carboxylic acids is 1. The molecule has 1 aromatic heterocycles. The fraction of sp³-hybridized carbons (Fsp3) is 0.250. The van der Waals surface area contributed by atoms with Crippen molar-refractivity contribution in [3.8, 4) is 5.69 Å². The lowest BCUT2D eigenvalue weighted by Crippen LogP contribution is -2.36. The van der Waals surface area contributed by atoms with Gasteiger partial charge >= 0.3 is 6.03 Å². The van der Waals surface area contributed by atoms with E-state index in [0.29, 0.717) is 17.1 Å². The second-order valence-corrected chi connectivity index (χ2v) is 5.79. The summed E-state index contributed by atoms with van der Waals surface area (Å²) in [6.07, 6.45) is 7.99. The van der Waals surface area contributed by atoms with Crippen LogP contribution in [0, 0.1) is 5.92 Å². The summed E-state index contributed by atoms with van der Waals surface area (Å²) in [5.74, 6) is 0.114. The van der Waals surface area contributed by atoms with Gasteiger partial charge in [-0.05, 0) is 30.7 Å². The van der Waals surface area contributed by atoms with Crippen LogP contribution in [-0.2, 0) is 0 Å². The van der Waals surface area contributed by atoms with Gasteiger partial charge < -0.3 is 15.7 Å². The third-order valence-corrected chi connectivity index (χ3v) is 3.98. The predicted molar refractivity (Wildman–Crippen MR) is 88.8 cm³/mol. The van der Waals surface area contributed by atoms with Crippen molar-refractivity contribution < 1.29 is 9.90 Å². The van der Waals surface area contributed by atoms with Crippen molar-refractivity contribution in [2.24, 2.45) is 5.92 Å². The van der Waals surface area contributed by atoms with Gasteiger partial charge in [-0.2, -0.15) is 5.10 Å². The molecular weight excluding hydrogens is 316 g/mol. The van der Waals surface area contributed by atoms with E-state index in [1.807, 2.05) is 18.2 Å². The highest BCUT2D eigenvalue weighted by Crippen LogP contribution is 2.24. The molecule has 2 amide bonds. The number of aliphatic hydroxyl groups excluding tert-OH is 1. The number of halogens is 1. The molecule has 2 aromatic rings. The van der Waals surface area contributed by atoms with Crippen LogP contribution in [0.3, 0.4) is 0 Å². The van der Waals surface area contributed by atoms with Crippen LogP contribution in [0.5, 0.6) is 0 Å². The number of nitrogens with one attached hydrogen (secondary N) is 2. The van der Waals surface area contributed by atoms with E-state index in [1.165, 1.54) is 0 Å². The van der Waals surface area contributed by atoms with Crippen molar-refractivity contribution in [3.05, 3.63) is 53.8 Å². The SMILES string of the molecule is O=C(Nc1ccc(-n2cccn2)c(Cl)c1)N[C@@H]1C=C[C@H](CO)C1. The number of hydrogen-bond donors (Lipinski definition) is 3.